The number of thiocarbonyl (C=S) groups is 1. The molecule has 7 heteroatoms. The highest BCUT2D eigenvalue weighted by atomic mass is 32.1. The predicted octanol–water partition coefficient (Wildman–Crippen LogP) is 4.11. The molecule has 0 unspecified atom stereocenters. The minimum absolute atomic E-state index is 0.0443. The first kappa shape index (κ1) is 20.4. The van der Waals surface area contributed by atoms with Crippen LogP contribution in [0.2, 0.25) is 0 Å². The first-order valence-electron chi connectivity index (χ1n) is 10.1. The zero-order chi connectivity index (χ0) is 20.9. The Bertz CT molecular complexity index is 974. The van der Waals surface area contributed by atoms with Gasteiger partial charge < -0.3 is 24.3 Å². The number of ether oxygens (including phenoxy) is 2. The maximum Gasteiger partial charge on any atom is 0.174 e. The molecule has 0 saturated carbocycles. The van der Waals surface area contributed by atoms with Gasteiger partial charge in [0, 0.05) is 37.4 Å². The van der Waals surface area contributed by atoms with Gasteiger partial charge in [0.2, 0.25) is 0 Å². The summed E-state index contributed by atoms with van der Waals surface area (Å²) in [6.45, 7) is 4.03. The lowest BCUT2D eigenvalue weighted by Gasteiger charge is -2.29. The summed E-state index contributed by atoms with van der Waals surface area (Å²) in [4.78, 5) is 6.78. The van der Waals surface area contributed by atoms with Crippen LogP contribution in [0.4, 0.5) is 5.69 Å². The van der Waals surface area contributed by atoms with E-state index in [0.29, 0.717) is 18.3 Å². The lowest BCUT2D eigenvalue weighted by Crippen LogP contribution is -2.30. The molecule has 1 N–H and O–H groups in total. The summed E-state index contributed by atoms with van der Waals surface area (Å²) < 4.78 is 13.1. The number of rotatable bonds is 8. The van der Waals surface area contributed by atoms with E-state index in [1.54, 1.807) is 7.11 Å². The quantitative estimate of drug-likeness (QED) is 0.552. The third kappa shape index (κ3) is 4.04. The molecule has 30 heavy (non-hydrogen) atoms. The van der Waals surface area contributed by atoms with E-state index in [9.17, 15) is 0 Å². The monoisotopic (exact) mass is 422 g/mol. The standard InChI is InChI=1S/C23H26N4O2S/c1-3-29-18-11-9-17(10-12-18)27-22(20-8-6-14-26(20)15-16-28-2)21(25-23(27)30)19-7-4-5-13-24-19/h4-14,21-22H,3,15-16H2,1-2H3,(H,25,30)/t21-,22+/m0/s1. The van der Waals surface area contributed by atoms with Crippen molar-refractivity contribution in [3.05, 3.63) is 78.4 Å². The molecule has 0 amide bonds. The number of nitrogens with zero attached hydrogens (tertiary/aromatic N) is 3. The highest BCUT2D eigenvalue weighted by Gasteiger charge is 2.41. The Morgan fingerprint density at radius 1 is 1.10 bits per heavy atom. The first-order chi connectivity index (χ1) is 14.7. The van der Waals surface area contributed by atoms with Crippen molar-refractivity contribution in [3.8, 4) is 5.75 Å². The van der Waals surface area contributed by atoms with Crippen LogP contribution < -0.4 is 15.0 Å². The van der Waals surface area contributed by atoms with Gasteiger partial charge in [0.15, 0.2) is 5.11 Å². The summed E-state index contributed by atoms with van der Waals surface area (Å²) in [5.41, 5.74) is 3.13. The van der Waals surface area contributed by atoms with Crippen molar-refractivity contribution in [1.29, 1.82) is 0 Å². The summed E-state index contributed by atoms with van der Waals surface area (Å²) in [6, 6.07) is 18.1. The lowest BCUT2D eigenvalue weighted by atomic mass is 10.0. The third-order valence-corrected chi connectivity index (χ3v) is 5.54. The van der Waals surface area contributed by atoms with Crippen molar-refractivity contribution in [2.24, 2.45) is 0 Å². The molecule has 0 aliphatic carbocycles. The predicted molar refractivity (Wildman–Crippen MR) is 122 cm³/mol. The van der Waals surface area contributed by atoms with Gasteiger partial charge in [0.05, 0.1) is 24.9 Å². The maximum atomic E-state index is 5.79. The van der Waals surface area contributed by atoms with Gasteiger partial charge in [-0.3, -0.25) is 4.98 Å². The van der Waals surface area contributed by atoms with Gasteiger partial charge in [0.1, 0.15) is 11.8 Å². The first-order valence-corrected chi connectivity index (χ1v) is 10.5. The van der Waals surface area contributed by atoms with Crippen LogP contribution in [-0.2, 0) is 11.3 Å². The molecule has 0 bridgehead atoms. The van der Waals surface area contributed by atoms with Crippen molar-refractivity contribution >= 4 is 23.0 Å². The minimum Gasteiger partial charge on any atom is -0.494 e. The molecule has 4 rings (SSSR count). The molecule has 1 aliphatic rings. The molecule has 2 aromatic heterocycles. The molecule has 1 saturated heterocycles. The molecule has 1 aliphatic heterocycles. The number of aromatic nitrogens is 2. The topological polar surface area (TPSA) is 51.5 Å². The van der Waals surface area contributed by atoms with E-state index < -0.39 is 0 Å². The number of benzene rings is 1. The Hall–Kier alpha value is -2.90. The van der Waals surface area contributed by atoms with E-state index in [4.69, 9.17) is 21.7 Å². The molecule has 1 aromatic carbocycles. The number of nitrogens with one attached hydrogen (secondary N) is 1. The van der Waals surface area contributed by atoms with Gasteiger partial charge in [-0.2, -0.15) is 0 Å². The van der Waals surface area contributed by atoms with Gasteiger partial charge in [-0.05, 0) is 67.7 Å². The Morgan fingerprint density at radius 2 is 1.93 bits per heavy atom. The average molecular weight is 423 g/mol. The van der Waals surface area contributed by atoms with Crippen molar-refractivity contribution in [1.82, 2.24) is 14.9 Å². The Kier molecular flexibility index (Phi) is 6.30. The summed E-state index contributed by atoms with van der Waals surface area (Å²) in [5.74, 6) is 0.848. The van der Waals surface area contributed by atoms with Crippen LogP contribution in [0, 0.1) is 0 Å². The number of pyridine rings is 1. The molecule has 156 valence electrons. The summed E-state index contributed by atoms with van der Waals surface area (Å²) in [7, 11) is 1.72. The van der Waals surface area contributed by atoms with Gasteiger partial charge in [0.25, 0.3) is 0 Å². The Labute approximate surface area is 182 Å². The van der Waals surface area contributed by atoms with Crippen LogP contribution in [0.25, 0.3) is 0 Å². The second-order valence-corrected chi connectivity index (χ2v) is 7.43. The van der Waals surface area contributed by atoms with Gasteiger partial charge in [-0.1, -0.05) is 6.07 Å². The van der Waals surface area contributed by atoms with Crippen LogP contribution in [0.5, 0.6) is 5.75 Å². The Morgan fingerprint density at radius 3 is 2.63 bits per heavy atom. The largest absolute Gasteiger partial charge is 0.494 e. The zero-order valence-electron chi connectivity index (χ0n) is 17.2. The fourth-order valence-corrected chi connectivity index (χ4v) is 4.24. The van der Waals surface area contributed by atoms with Crippen LogP contribution >= 0.6 is 12.2 Å². The van der Waals surface area contributed by atoms with Crippen LogP contribution in [0.15, 0.2) is 67.0 Å². The number of anilines is 1. The van der Waals surface area contributed by atoms with Crippen molar-refractivity contribution in [2.45, 2.75) is 25.6 Å². The molecule has 2 atom stereocenters. The van der Waals surface area contributed by atoms with E-state index in [2.05, 4.69) is 50.2 Å². The molecule has 3 heterocycles. The second kappa shape index (κ2) is 9.28. The lowest BCUT2D eigenvalue weighted by molar-refractivity contribution is 0.186. The third-order valence-electron chi connectivity index (χ3n) is 5.23. The van der Waals surface area contributed by atoms with Gasteiger partial charge in [-0.15, -0.1) is 0 Å². The Balaban J connectivity index is 1.76. The number of hydrogen-bond donors (Lipinski definition) is 1. The van der Waals surface area contributed by atoms with E-state index in [1.807, 2.05) is 43.5 Å². The van der Waals surface area contributed by atoms with Gasteiger partial charge in [-0.25, -0.2) is 0 Å². The molecule has 0 spiro atoms. The molecular weight excluding hydrogens is 396 g/mol. The fraction of sp³-hybridized carbons (Fsp3) is 0.304. The number of methoxy groups -OCH3 is 1. The summed E-state index contributed by atoms with van der Waals surface area (Å²) in [6.07, 6.45) is 3.90. The second-order valence-electron chi connectivity index (χ2n) is 7.04. The molecule has 1 fully saturated rings. The highest BCUT2D eigenvalue weighted by molar-refractivity contribution is 7.80. The van der Waals surface area contributed by atoms with E-state index in [-0.39, 0.29) is 12.1 Å². The van der Waals surface area contributed by atoms with E-state index in [0.717, 1.165) is 29.4 Å². The van der Waals surface area contributed by atoms with Gasteiger partial charge >= 0.3 is 0 Å². The van der Waals surface area contributed by atoms with Crippen molar-refractivity contribution in [3.63, 3.8) is 0 Å². The van der Waals surface area contributed by atoms with Crippen LogP contribution in [0.3, 0.4) is 0 Å². The van der Waals surface area contributed by atoms with Crippen LogP contribution in [0.1, 0.15) is 30.4 Å². The average Bonchev–Trinajstić information content (AvgIpc) is 3.37. The molecular formula is C23H26N4O2S. The van der Waals surface area contributed by atoms with Crippen molar-refractivity contribution < 1.29 is 9.47 Å². The van der Waals surface area contributed by atoms with Crippen molar-refractivity contribution in [2.75, 3.05) is 25.2 Å². The smallest absolute Gasteiger partial charge is 0.174 e. The molecule has 6 nitrogen and oxygen atoms in total. The normalized spacial score (nSPS) is 18.5. The summed E-state index contributed by atoms with van der Waals surface area (Å²) >= 11 is 5.79. The molecule has 3 aromatic rings. The van der Waals surface area contributed by atoms with E-state index >= 15 is 0 Å². The fourth-order valence-electron chi connectivity index (χ4n) is 3.89. The highest BCUT2D eigenvalue weighted by Crippen LogP contribution is 2.41. The van der Waals surface area contributed by atoms with Crippen LogP contribution in [-0.4, -0.2) is 35.0 Å². The SMILES string of the molecule is CCOc1ccc(N2C(=S)N[C@@H](c3ccccn3)[C@H]2c2cccn2CCOC)cc1. The number of hydrogen-bond acceptors (Lipinski definition) is 4. The molecule has 0 radical (unpaired) electrons. The minimum atomic E-state index is -0.0681. The summed E-state index contributed by atoms with van der Waals surface area (Å²) in [5, 5.41) is 4.18. The van der Waals surface area contributed by atoms with E-state index in [1.165, 1.54) is 0 Å². The maximum absolute atomic E-state index is 5.79. The zero-order valence-corrected chi connectivity index (χ0v) is 18.0.